The molecular weight excluding hydrogens is 458 g/mol. The van der Waals surface area contributed by atoms with Crippen molar-refractivity contribution >= 4 is 17.7 Å². The third-order valence-electron chi connectivity index (χ3n) is 8.66. The first kappa shape index (κ1) is 26.9. The molecule has 4 aliphatic rings. The lowest BCUT2D eigenvalue weighted by Gasteiger charge is -2.40. The fourth-order valence-corrected chi connectivity index (χ4v) is 7.23. The molecule has 36 heavy (non-hydrogen) atoms. The maximum atomic E-state index is 14.3. The molecule has 1 N–H and O–H groups in total. The van der Waals surface area contributed by atoms with Crippen LogP contribution in [0.4, 0.5) is 0 Å². The molecule has 3 saturated heterocycles. The number of aliphatic hydroxyl groups excluding tert-OH is 1. The average Bonchev–Trinajstić information content (AvgIpc) is 3.53. The quantitative estimate of drug-likeness (QED) is 0.415. The lowest BCUT2D eigenvalue weighted by atomic mass is 9.70. The van der Waals surface area contributed by atoms with Gasteiger partial charge in [0.2, 0.25) is 17.7 Å². The zero-order valence-electron chi connectivity index (χ0n) is 21.8. The van der Waals surface area contributed by atoms with Crippen LogP contribution in [0.15, 0.2) is 25.3 Å². The van der Waals surface area contributed by atoms with Gasteiger partial charge in [-0.15, -0.1) is 13.2 Å². The van der Waals surface area contributed by atoms with Crippen LogP contribution < -0.4 is 0 Å². The zero-order valence-corrected chi connectivity index (χ0v) is 21.8. The summed E-state index contributed by atoms with van der Waals surface area (Å²) < 4.78 is 6.58. The summed E-state index contributed by atoms with van der Waals surface area (Å²) in [6, 6.07) is -0.650. The summed E-state index contributed by atoms with van der Waals surface area (Å²) in [7, 11) is 0. The van der Waals surface area contributed by atoms with E-state index < -0.39 is 23.5 Å². The van der Waals surface area contributed by atoms with Gasteiger partial charge in [-0.05, 0) is 38.5 Å². The molecule has 1 aliphatic carbocycles. The summed E-state index contributed by atoms with van der Waals surface area (Å²) in [5.74, 6) is -1.61. The summed E-state index contributed by atoms with van der Waals surface area (Å²) in [5, 5.41) is 9.55. The molecule has 3 aliphatic heterocycles. The second-order valence-corrected chi connectivity index (χ2v) is 10.8. The summed E-state index contributed by atoms with van der Waals surface area (Å²) in [6.45, 7) is 11.4. The van der Waals surface area contributed by atoms with Gasteiger partial charge < -0.3 is 24.5 Å². The molecule has 8 heteroatoms. The zero-order chi connectivity index (χ0) is 25.9. The molecule has 0 aromatic rings. The van der Waals surface area contributed by atoms with Crippen molar-refractivity contribution in [1.29, 1.82) is 0 Å². The predicted octanol–water partition coefficient (Wildman–Crippen LogP) is 2.52. The molecule has 3 amide bonds. The van der Waals surface area contributed by atoms with Gasteiger partial charge in [-0.2, -0.15) is 0 Å². The molecular formula is C28H43N3O5. The molecule has 2 bridgehead atoms. The Morgan fingerprint density at radius 3 is 2.50 bits per heavy atom. The number of likely N-dealkylation sites (tertiary alicyclic amines) is 1. The van der Waals surface area contributed by atoms with Crippen LogP contribution in [0.5, 0.6) is 0 Å². The Hall–Kier alpha value is -2.19. The number of carbonyl (C=O) groups is 3. The highest BCUT2D eigenvalue weighted by molar-refractivity contribution is 5.99. The monoisotopic (exact) mass is 501 g/mol. The van der Waals surface area contributed by atoms with Crippen molar-refractivity contribution in [3.05, 3.63) is 25.3 Å². The highest BCUT2D eigenvalue weighted by Gasteiger charge is 2.74. The van der Waals surface area contributed by atoms with E-state index in [2.05, 4.69) is 13.2 Å². The lowest BCUT2D eigenvalue weighted by molar-refractivity contribution is -0.150. The first-order chi connectivity index (χ1) is 17.4. The Balaban J connectivity index is 1.70. The molecule has 2 unspecified atom stereocenters. The molecule has 1 spiro atoms. The number of aliphatic hydroxyl groups is 1. The molecule has 0 radical (unpaired) electrons. The van der Waals surface area contributed by atoms with E-state index >= 15 is 0 Å². The lowest BCUT2D eigenvalue weighted by Crippen LogP contribution is -2.58. The van der Waals surface area contributed by atoms with Crippen LogP contribution in [-0.2, 0) is 19.1 Å². The summed E-state index contributed by atoms with van der Waals surface area (Å²) >= 11 is 0. The number of fused-ring (bicyclic) bond motifs is 1. The Morgan fingerprint density at radius 2 is 1.86 bits per heavy atom. The van der Waals surface area contributed by atoms with Crippen molar-refractivity contribution in [2.75, 3.05) is 32.8 Å². The van der Waals surface area contributed by atoms with Crippen LogP contribution >= 0.6 is 0 Å². The minimum Gasteiger partial charge on any atom is -0.396 e. The van der Waals surface area contributed by atoms with Gasteiger partial charge in [0.1, 0.15) is 11.6 Å². The van der Waals surface area contributed by atoms with Crippen LogP contribution in [0.25, 0.3) is 0 Å². The summed E-state index contributed by atoms with van der Waals surface area (Å²) in [4.78, 5) is 47.4. The van der Waals surface area contributed by atoms with Crippen LogP contribution in [0.3, 0.4) is 0 Å². The van der Waals surface area contributed by atoms with Gasteiger partial charge in [0.05, 0.1) is 17.9 Å². The number of hydrogen-bond acceptors (Lipinski definition) is 5. The fraction of sp³-hybridized carbons (Fsp3) is 0.750. The van der Waals surface area contributed by atoms with Crippen molar-refractivity contribution in [1.82, 2.24) is 14.7 Å². The molecule has 8 nitrogen and oxygen atoms in total. The van der Waals surface area contributed by atoms with Crippen molar-refractivity contribution in [3.8, 4) is 0 Å². The van der Waals surface area contributed by atoms with Crippen molar-refractivity contribution in [2.45, 2.75) is 88.5 Å². The maximum Gasteiger partial charge on any atom is 0.248 e. The maximum absolute atomic E-state index is 14.3. The molecule has 200 valence electrons. The number of amides is 3. The predicted molar refractivity (Wildman–Crippen MR) is 137 cm³/mol. The first-order valence-electron chi connectivity index (χ1n) is 13.8. The Morgan fingerprint density at radius 1 is 1.14 bits per heavy atom. The molecule has 5 atom stereocenters. The van der Waals surface area contributed by atoms with Gasteiger partial charge in [0.15, 0.2) is 0 Å². The highest BCUT2D eigenvalue weighted by atomic mass is 16.5. The second-order valence-electron chi connectivity index (χ2n) is 10.8. The smallest absolute Gasteiger partial charge is 0.248 e. The number of rotatable bonds is 12. The van der Waals surface area contributed by atoms with Gasteiger partial charge in [0, 0.05) is 38.8 Å². The SMILES string of the molecule is C=CCN(CCC)C(=O)[C@@H]1[C@@H]2CCC3(O2)C(C(=O)N(CC=C)C2CCCCC2)N(CCCO)C(=O)[C@H]13. The normalized spacial score (nSPS) is 31.4. The van der Waals surface area contributed by atoms with Crippen molar-refractivity contribution in [3.63, 3.8) is 0 Å². The molecule has 4 fully saturated rings. The van der Waals surface area contributed by atoms with E-state index in [0.29, 0.717) is 38.9 Å². The highest BCUT2D eigenvalue weighted by Crippen LogP contribution is 2.59. The van der Waals surface area contributed by atoms with Crippen molar-refractivity contribution in [2.24, 2.45) is 11.8 Å². The molecule has 0 aromatic carbocycles. The van der Waals surface area contributed by atoms with Crippen LogP contribution in [0.2, 0.25) is 0 Å². The van der Waals surface area contributed by atoms with E-state index in [9.17, 15) is 19.5 Å². The van der Waals surface area contributed by atoms with Gasteiger partial charge in [-0.3, -0.25) is 14.4 Å². The summed E-state index contributed by atoms with van der Waals surface area (Å²) in [6.07, 6.45) is 10.8. The van der Waals surface area contributed by atoms with E-state index in [4.69, 9.17) is 4.74 Å². The number of carbonyl (C=O) groups excluding carboxylic acids is 3. The number of nitrogens with zero attached hydrogens (tertiary/aromatic N) is 3. The third-order valence-corrected chi connectivity index (χ3v) is 8.66. The number of hydrogen-bond donors (Lipinski definition) is 1. The Labute approximate surface area is 215 Å². The molecule has 4 rings (SSSR count). The molecule has 0 aromatic heterocycles. The second kappa shape index (κ2) is 11.5. The van der Waals surface area contributed by atoms with Gasteiger partial charge in [-0.25, -0.2) is 0 Å². The van der Waals surface area contributed by atoms with Crippen LogP contribution in [-0.4, -0.2) is 94.1 Å². The Kier molecular flexibility index (Phi) is 8.56. The third kappa shape index (κ3) is 4.51. The summed E-state index contributed by atoms with van der Waals surface area (Å²) in [5.41, 5.74) is -0.991. The molecule has 1 saturated carbocycles. The first-order valence-corrected chi connectivity index (χ1v) is 13.8. The minimum absolute atomic E-state index is 0.0726. The topological polar surface area (TPSA) is 90.4 Å². The van der Waals surface area contributed by atoms with E-state index in [1.807, 2.05) is 11.8 Å². The van der Waals surface area contributed by atoms with E-state index in [1.54, 1.807) is 22.0 Å². The average molecular weight is 502 g/mol. The largest absolute Gasteiger partial charge is 0.396 e. The number of ether oxygens (including phenoxy) is 1. The minimum atomic E-state index is -0.991. The fourth-order valence-electron chi connectivity index (χ4n) is 7.23. The molecule has 3 heterocycles. The van der Waals surface area contributed by atoms with E-state index in [0.717, 1.165) is 32.1 Å². The van der Waals surface area contributed by atoms with Gasteiger partial charge in [0.25, 0.3) is 0 Å². The van der Waals surface area contributed by atoms with Crippen LogP contribution in [0.1, 0.15) is 64.7 Å². The van der Waals surface area contributed by atoms with Gasteiger partial charge >= 0.3 is 0 Å². The van der Waals surface area contributed by atoms with Crippen molar-refractivity contribution < 1.29 is 24.2 Å². The Bertz CT molecular complexity index is 856. The van der Waals surface area contributed by atoms with Gasteiger partial charge in [-0.1, -0.05) is 38.3 Å². The van der Waals surface area contributed by atoms with E-state index in [1.165, 1.54) is 6.42 Å². The van der Waals surface area contributed by atoms with Crippen LogP contribution in [0, 0.1) is 11.8 Å². The standard InChI is InChI=1S/C28H43N3O5/c1-4-15-29(16-5-2)25(33)22-21-13-14-28(36-21)23(22)26(34)31(18-10-19-32)24(28)27(35)30(17-6-3)20-11-8-7-9-12-20/h4,6,20-24,32H,1,3,5,7-19H2,2H3/t21-,22+,23-,24?,28?/m0/s1. The van der Waals surface area contributed by atoms with E-state index in [-0.39, 0.29) is 43.0 Å².